The smallest absolute Gasteiger partial charge is 0.550 e. The van der Waals surface area contributed by atoms with Gasteiger partial charge in [-0.2, -0.15) is 0 Å². The number of aryl methyl sites for hydroxylation is 2. The molecule has 2 aromatic carbocycles. The summed E-state index contributed by atoms with van der Waals surface area (Å²) in [4.78, 5) is 26.7. The minimum atomic E-state index is -1.08. The second-order valence-corrected chi connectivity index (χ2v) is 10.1. The van der Waals surface area contributed by atoms with Gasteiger partial charge in [-0.15, -0.1) is 0 Å². The zero-order valence-electron chi connectivity index (χ0n) is 24.5. The third kappa shape index (κ3) is 21.7. The maximum Gasteiger partial charge on any atom is 2.00 e. The van der Waals surface area contributed by atoms with E-state index in [1.165, 1.54) is 11.1 Å². The van der Waals surface area contributed by atoms with Crippen molar-refractivity contribution in [2.75, 3.05) is 13.1 Å². The molecule has 2 aromatic rings. The summed E-state index contributed by atoms with van der Waals surface area (Å²) >= 11 is 0. The van der Waals surface area contributed by atoms with Crippen LogP contribution in [0.15, 0.2) is 46.4 Å². The number of nitrogens with zero attached hydrogens (tertiary/aromatic N) is 2. The largest absolute Gasteiger partial charge is 2.00 e. The molecule has 0 amide bonds. The summed E-state index contributed by atoms with van der Waals surface area (Å²) in [6, 6.07) is 11.5. The number of aromatic hydroxyl groups is 2. The Morgan fingerprint density at radius 2 is 1.07 bits per heavy atom. The van der Waals surface area contributed by atoms with E-state index in [2.05, 4.69) is 37.7 Å². The first-order chi connectivity index (χ1) is 18.3. The van der Waals surface area contributed by atoms with E-state index in [0.717, 1.165) is 57.1 Å². The van der Waals surface area contributed by atoms with Gasteiger partial charge >= 0.3 is 16.8 Å². The summed E-state index contributed by atoms with van der Waals surface area (Å²) in [6.45, 7) is 12.1. The fourth-order valence-electron chi connectivity index (χ4n) is 3.22. The van der Waals surface area contributed by atoms with Crippen molar-refractivity contribution in [2.45, 2.75) is 73.6 Å². The summed E-state index contributed by atoms with van der Waals surface area (Å²) in [7, 11) is 0. The van der Waals surface area contributed by atoms with Crippen LogP contribution in [0.2, 0.25) is 0 Å². The summed E-state index contributed by atoms with van der Waals surface area (Å²) in [5.74, 6) is -0.308. The molecular formula is C31H44CoN2O6. The Morgan fingerprint density at radius 3 is 1.38 bits per heavy atom. The Kier molecular flexibility index (Phi) is 22.0. The molecule has 0 heterocycles. The fraction of sp³-hybridized carbons (Fsp3) is 0.484. The standard InChI is InChI=1S/C27H38N2O2.2C2H4O2.Co/c1-20(2)6-8-22-10-12-26(30)24(16-22)18-28-14-5-15-29-19-25-17-23(9-7-21(3)4)11-13-27(25)31;2*1-2(3)4;/h10-13,16-21,30-31H,5-9,14-15H2,1-4H3;2*1H3,(H,3,4);/q;;;+2/p-2. The van der Waals surface area contributed by atoms with E-state index in [-0.39, 0.29) is 28.3 Å². The quantitative estimate of drug-likeness (QED) is 0.281. The van der Waals surface area contributed by atoms with Crippen LogP contribution < -0.4 is 10.2 Å². The molecule has 40 heavy (non-hydrogen) atoms. The van der Waals surface area contributed by atoms with E-state index < -0.39 is 11.9 Å². The summed E-state index contributed by atoms with van der Waals surface area (Å²) < 4.78 is 0. The summed E-state index contributed by atoms with van der Waals surface area (Å²) in [5, 5.41) is 37.9. The molecule has 0 atom stereocenters. The van der Waals surface area contributed by atoms with Crippen molar-refractivity contribution in [3.05, 3.63) is 58.7 Å². The van der Waals surface area contributed by atoms with Gasteiger partial charge in [0.2, 0.25) is 0 Å². The van der Waals surface area contributed by atoms with Crippen LogP contribution in [0.1, 0.15) is 83.1 Å². The normalized spacial score (nSPS) is 10.6. The van der Waals surface area contributed by atoms with Gasteiger partial charge in [0.1, 0.15) is 11.5 Å². The van der Waals surface area contributed by atoms with Crippen molar-refractivity contribution < 1.29 is 46.8 Å². The first-order valence-electron chi connectivity index (χ1n) is 13.3. The van der Waals surface area contributed by atoms with Crippen molar-refractivity contribution in [2.24, 2.45) is 21.8 Å². The van der Waals surface area contributed by atoms with Gasteiger partial charge in [-0.05, 0) is 93.2 Å². The van der Waals surface area contributed by atoms with Gasteiger partial charge in [0.05, 0.1) is 0 Å². The van der Waals surface area contributed by atoms with Crippen LogP contribution in [0.5, 0.6) is 11.5 Å². The van der Waals surface area contributed by atoms with Gasteiger partial charge in [0.25, 0.3) is 0 Å². The van der Waals surface area contributed by atoms with Gasteiger partial charge < -0.3 is 30.0 Å². The number of rotatable bonds is 12. The van der Waals surface area contributed by atoms with E-state index in [1.54, 1.807) is 24.6 Å². The van der Waals surface area contributed by atoms with Crippen LogP contribution in [0.3, 0.4) is 0 Å². The summed E-state index contributed by atoms with van der Waals surface area (Å²) in [6.07, 6.45) is 8.61. The predicted molar refractivity (Wildman–Crippen MR) is 153 cm³/mol. The van der Waals surface area contributed by atoms with E-state index in [9.17, 15) is 10.2 Å². The van der Waals surface area contributed by atoms with Crippen molar-refractivity contribution in [3.63, 3.8) is 0 Å². The maximum absolute atomic E-state index is 10.1. The average molecular weight is 600 g/mol. The molecule has 0 fully saturated rings. The number of carbonyl (C=O) groups is 2. The Hall–Kier alpha value is -3.17. The zero-order chi connectivity index (χ0) is 29.8. The first-order valence-corrected chi connectivity index (χ1v) is 13.3. The second-order valence-electron chi connectivity index (χ2n) is 10.1. The van der Waals surface area contributed by atoms with Crippen molar-refractivity contribution >= 4 is 24.4 Å². The number of benzene rings is 2. The first kappa shape index (κ1) is 39.0. The topological polar surface area (TPSA) is 145 Å². The molecule has 0 saturated heterocycles. The van der Waals surface area contributed by atoms with Crippen molar-refractivity contribution in [3.8, 4) is 11.5 Å². The number of phenolic OH excluding ortho intramolecular Hbond substituents is 2. The molecule has 0 spiro atoms. The van der Waals surface area contributed by atoms with E-state index >= 15 is 0 Å². The van der Waals surface area contributed by atoms with E-state index in [0.29, 0.717) is 24.9 Å². The number of carboxylic acid groups (broad SMARTS) is 2. The molecule has 0 aliphatic heterocycles. The Morgan fingerprint density at radius 1 is 0.750 bits per heavy atom. The van der Waals surface area contributed by atoms with Gasteiger partial charge in [-0.1, -0.05) is 39.8 Å². The van der Waals surface area contributed by atoms with Crippen molar-refractivity contribution in [1.82, 2.24) is 0 Å². The molecule has 0 aromatic heterocycles. The van der Waals surface area contributed by atoms with Crippen LogP contribution in [0.25, 0.3) is 0 Å². The number of aliphatic imine (C=N–C) groups is 2. The molecule has 0 saturated carbocycles. The van der Waals surface area contributed by atoms with Crippen LogP contribution in [-0.4, -0.2) is 47.7 Å². The Labute approximate surface area is 249 Å². The molecule has 1 radical (unpaired) electrons. The molecule has 0 bridgehead atoms. The van der Waals surface area contributed by atoms with E-state index in [4.69, 9.17) is 19.8 Å². The van der Waals surface area contributed by atoms with Crippen LogP contribution >= 0.6 is 0 Å². The molecule has 223 valence electrons. The molecule has 0 unspecified atom stereocenters. The van der Waals surface area contributed by atoms with Gasteiger partial charge in [0.15, 0.2) is 0 Å². The monoisotopic (exact) mass is 599 g/mol. The van der Waals surface area contributed by atoms with Crippen LogP contribution in [-0.2, 0) is 39.2 Å². The van der Waals surface area contributed by atoms with Crippen molar-refractivity contribution in [1.29, 1.82) is 0 Å². The summed E-state index contributed by atoms with van der Waals surface area (Å²) in [5.41, 5.74) is 4.00. The molecule has 0 aliphatic carbocycles. The average Bonchev–Trinajstić information content (AvgIpc) is 2.83. The molecule has 8 nitrogen and oxygen atoms in total. The SMILES string of the molecule is CC(=O)[O-].CC(=O)[O-].CC(C)CCc1ccc(O)c(C=NCCCN=Cc2cc(CCC(C)C)ccc2O)c1.[Co+2]. The van der Waals surface area contributed by atoms with Gasteiger partial charge in [-0.25, -0.2) is 0 Å². The van der Waals surface area contributed by atoms with Gasteiger partial charge in [-0.3, -0.25) is 9.98 Å². The maximum atomic E-state index is 10.1. The third-order valence-corrected chi connectivity index (χ3v) is 5.24. The Balaban J connectivity index is 0. The fourth-order valence-corrected chi connectivity index (χ4v) is 3.22. The molecule has 9 heteroatoms. The third-order valence-electron chi connectivity index (χ3n) is 5.24. The van der Waals surface area contributed by atoms with Crippen LogP contribution in [0.4, 0.5) is 0 Å². The molecule has 2 N–H and O–H groups in total. The number of phenols is 2. The number of aliphatic carboxylic acids is 2. The number of carboxylic acids is 2. The number of hydrogen-bond acceptors (Lipinski definition) is 8. The van der Waals surface area contributed by atoms with E-state index in [1.807, 2.05) is 24.3 Å². The number of carbonyl (C=O) groups excluding carboxylic acids is 2. The van der Waals surface area contributed by atoms with Gasteiger partial charge in [0, 0.05) is 48.6 Å². The molecule has 2 rings (SSSR count). The second kappa shape index (κ2) is 22.6. The molecular weight excluding hydrogens is 555 g/mol. The molecule has 0 aliphatic rings. The number of hydrogen-bond donors (Lipinski definition) is 2. The minimum Gasteiger partial charge on any atom is -0.550 e. The Bertz CT molecular complexity index is 976. The minimum absolute atomic E-state index is 0. The van der Waals surface area contributed by atoms with Crippen LogP contribution in [0, 0.1) is 11.8 Å². The zero-order valence-corrected chi connectivity index (χ0v) is 25.5. The predicted octanol–water partition coefficient (Wildman–Crippen LogP) is 3.71.